The van der Waals surface area contributed by atoms with Crippen molar-refractivity contribution >= 4 is 28.7 Å². The summed E-state index contributed by atoms with van der Waals surface area (Å²) >= 11 is 1.52. The van der Waals surface area contributed by atoms with Gasteiger partial charge in [0.25, 0.3) is 0 Å². The number of carbonyl (C=O) groups excluding carboxylic acids is 1. The number of aryl methyl sites for hydroxylation is 1. The molecule has 0 unspecified atom stereocenters. The van der Waals surface area contributed by atoms with E-state index in [1.165, 1.54) is 11.3 Å². The van der Waals surface area contributed by atoms with Crippen LogP contribution in [-0.2, 0) is 11.2 Å². The van der Waals surface area contributed by atoms with Gasteiger partial charge in [-0.05, 0) is 25.7 Å². The molecule has 1 aromatic heterocycles. The summed E-state index contributed by atoms with van der Waals surface area (Å²) in [6.45, 7) is 0. The van der Waals surface area contributed by atoms with Gasteiger partial charge in [0.1, 0.15) is 0 Å². The number of aliphatic carboxylic acids is 1. The summed E-state index contributed by atoms with van der Waals surface area (Å²) in [7, 11) is 0. The molecule has 0 aliphatic carbocycles. The van der Waals surface area contributed by atoms with E-state index < -0.39 is 5.97 Å². The second kappa shape index (κ2) is 7.64. The fourth-order valence-corrected chi connectivity index (χ4v) is 2.07. The van der Waals surface area contributed by atoms with Crippen LogP contribution in [0.3, 0.4) is 0 Å². The monoisotopic (exact) mass is 252 g/mol. The minimum absolute atomic E-state index is 0. The normalized spacial score (nSPS) is 9.60. The zero-order valence-electron chi connectivity index (χ0n) is 8.79. The Bertz CT molecular complexity index is 328. The molecule has 0 aliphatic heterocycles. The SMILES string of the molecule is Nc1csc(CCCCC(=O)[O-])c1N.[K+]. The molecule has 0 aliphatic rings. The van der Waals surface area contributed by atoms with Crippen molar-refractivity contribution in [3.63, 3.8) is 0 Å². The number of anilines is 2. The molecule has 0 aromatic carbocycles. The minimum Gasteiger partial charge on any atom is -0.550 e. The maximum Gasteiger partial charge on any atom is 1.00 e. The Balaban J connectivity index is 0.00000196. The smallest absolute Gasteiger partial charge is 0.550 e. The van der Waals surface area contributed by atoms with Crippen LogP contribution in [-0.4, -0.2) is 5.97 Å². The number of rotatable bonds is 5. The van der Waals surface area contributed by atoms with Gasteiger partial charge in [0.2, 0.25) is 0 Å². The summed E-state index contributed by atoms with van der Waals surface area (Å²) < 4.78 is 0. The molecule has 1 rings (SSSR count). The van der Waals surface area contributed by atoms with Crippen LogP contribution in [0.4, 0.5) is 11.4 Å². The summed E-state index contributed by atoms with van der Waals surface area (Å²) in [4.78, 5) is 11.2. The van der Waals surface area contributed by atoms with Gasteiger partial charge >= 0.3 is 51.4 Å². The quantitative estimate of drug-likeness (QED) is 0.443. The molecule has 0 radical (unpaired) electrons. The van der Waals surface area contributed by atoms with E-state index in [-0.39, 0.29) is 57.8 Å². The second-order valence-corrected chi connectivity index (χ2v) is 4.07. The van der Waals surface area contributed by atoms with Crippen LogP contribution in [0.1, 0.15) is 24.1 Å². The molecule has 0 bridgehead atoms. The average molecular weight is 252 g/mol. The molecule has 4 N–H and O–H groups in total. The van der Waals surface area contributed by atoms with Gasteiger partial charge in [-0.1, -0.05) is 0 Å². The number of carboxylic acid groups (broad SMARTS) is 1. The van der Waals surface area contributed by atoms with E-state index in [1.807, 2.05) is 5.38 Å². The fraction of sp³-hybridized carbons (Fsp3) is 0.444. The van der Waals surface area contributed by atoms with E-state index in [2.05, 4.69) is 0 Å². The van der Waals surface area contributed by atoms with Crippen molar-refractivity contribution in [1.29, 1.82) is 0 Å². The van der Waals surface area contributed by atoms with Gasteiger partial charge in [-0.25, -0.2) is 0 Å². The van der Waals surface area contributed by atoms with Crippen molar-refractivity contribution in [2.75, 3.05) is 11.5 Å². The number of hydrogen-bond donors (Lipinski definition) is 2. The fourth-order valence-electron chi connectivity index (χ4n) is 1.17. The molecule has 0 fully saturated rings. The average Bonchev–Trinajstić information content (AvgIpc) is 2.43. The molecule has 1 heterocycles. The Morgan fingerprint density at radius 1 is 1.40 bits per heavy atom. The van der Waals surface area contributed by atoms with E-state index in [0.717, 1.165) is 17.7 Å². The van der Waals surface area contributed by atoms with E-state index in [0.29, 0.717) is 17.8 Å². The molecule has 0 spiro atoms. The van der Waals surface area contributed by atoms with Gasteiger partial charge in [-0.3, -0.25) is 0 Å². The molecule has 1 aromatic rings. The molecule has 0 atom stereocenters. The summed E-state index contributed by atoms with van der Waals surface area (Å²) in [6, 6.07) is 0. The Morgan fingerprint density at radius 3 is 2.53 bits per heavy atom. The standard InChI is InChI=1S/C9H14N2O2S.K/c10-6-5-14-7(9(6)11)3-1-2-4-8(12)13;/h5H,1-4,10-11H2,(H,12,13);/q;+1/p-1. The molecule has 0 saturated carbocycles. The van der Waals surface area contributed by atoms with Crippen LogP contribution in [0.15, 0.2) is 5.38 Å². The predicted molar refractivity (Wildman–Crippen MR) is 55.7 cm³/mol. The van der Waals surface area contributed by atoms with Crippen LogP contribution >= 0.6 is 11.3 Å². The van der Waals surface area contributed by atoms with Crippen molar-refractivity contribution in [2.24, 2.45) is 0 Å². The second-order valence-electron chi connectivity index (χ2n) is 3.11. The van der Waals surface area contributed by atoms with Crippen molar-refractivity contribution in [3.05, 3.63) is 10.3 Å². The topological polar surface area (TPSA) is 92.2 Å². The minimum atomic E-state index is -0.997. The molecule has 4 nitrogen and oxygen atoms in total. The van der Waals surface area contributed by atoms with Crippen molar-refractivity contribution < 1.29 is 61.3 Å². The molecule has 6 heteroatoms. The van der Waals surface area contributed by atoms with Gasteiger partial charge < -0.3 is 21.4 Å². The number of unbranched alkanes of at least 4 members (excludes halogenated alkanes) is 1. The zero-order chi connectivity index (χ0) is 10.6. The number of carboxylic acids is 1. The van der Waals surface area contributed by atoms with Crippen molar-refractivity contribution in [1.82, 2.24) is 0 Å². The first-order chi connectivity index (χ1) is 6.61. The summed E-state index contributed by atoms with van der Waals surface area (Å²) in [6.07, 6.45) is 2.33. The molecule has 78 valence electrons. The first kappa shape index (κ1) is 15.4. The van der Waals surface area contributed by atoms with E-state index >= 15 is 0 Å². The molecular formula is C9H13KN2O2S. The summed E-state index contributed by atoms with van der Waals surface area (Å²) in [5.41, 5.74) is 12.5. The number of thiophene rings is 1. The van der Waals surface area contributed by atoms with Crippen molar-refractivity contribution in [2.45, 2.75) is 25.7 Å². The third-order valence-corrected chi connectivity index (χ3v) is 3.05. The first-order valence-corrected chi connectivity index (χ1v) is 5.30. The van der Waals surface area contributed by atoms with Crippen LogP contribution < -0.4 is 68.0 Å². The number of carbonyl (C=O) groups is 1. The van der Waals surface area contributed by atoms with Crippen LogP contribution in [0.25, 0.3) is 0 Å². The zero-order valence-corrected chi connectivity index (χ0v) is 12.7. The molecule has 0 saturated heterocycles. The van der Waals surface area contributed by atoms with Crippen LogP contribution in [0, 0.1) is 0 Å². The van der Waals surface area contributed by atoms with Gasteiger partial charge in [0.05, 0.1) is 11.4 Å². The third kappa shape index (κ3) is 5.32. The third-order valence-electron chi connectivity index (χ3n) is 1.97. The summed E-state index contributed by atoms with van der Waals surface area (Å²) in [5, 5.41) is 11.9. The Kier molecular flexibility index (Phi) is 7.85. The van der Waals surface area contributed by atoms with Crippen molar-refractivity contribution in [3.8, 4) is 0 Å². The predicted octanol–water partition coefficient (Wildman–Crippen LogP) is -2.62. The molecular weight excluding hydrogens is 239 g/mol. The number of nitrogens with two attached hydrogens (primary N) is 2. The van der Waals surface area contributed by atoms with Crippen LogP contribution in [0.2, 0.25) is 0 Å². The number of hydrogen-bond acceptors (Lipinski definition) is 5. The maximum absolute atomic E-state index is 10.1. The Hall–Kier alpha value is 0.406. The van der Waals surface area contributed by atoms with E-state index in [1.54, 1.807) is 0 Å². The van der Waals surface area contributed by atoms with Crippen LogP contribution in [0.5, 0.6) is 0 Å². The van der Waals surface area contributed by atoms with Gasteiger partial charge in [0.15, 0.2) is 0 Å². The number of nitrogen functional groups attached to an aromatic ring is 2. The van der Waals surface area contributed by atoms with Gasteiger partial charge in [-0.2, -0.15) is 0 Å². The van der Waals surface area contributed by atoms with Gasteiger partial charge in [0, 0.05) is 16.2 Å². The Morgan fingerprint density at radius 2 is 2.07 bits per heavy atom. The van der Waals surface area contributed by atoms with E-state index in [9.17, 15) is 9.90 Å². The van der Waals surface area contributed by atoms with Gasteiger partial charge in [-0.15, -0.1) is 11.3 Å². The first-order valence-electron chi connectivity index (χ1n) is 4.42. The molecule has 0 amide bonds. The Labute approximate surface area is 135 Å². The van der Waals surface area contributed by atoms with E-state index in [4.69, 9.17) is 11.5 Å². The summed E-state index contributed by atoms with van der Waals surface area (Å²) in [5.74, 6) is -0.997. The molecule has 15 heavy (non-hydrogen) atoms. The maximum atomic E-state index is 10.1. The largest absolute Gasteiger partial charge is 1.00 e.